The number of hydrogen-bond donors (Lipinski definition) is 20. The van der Waals surface area contributed by atoms with Gasteiger partial charge in [0.2, 0.25) is 0 Å². The minimum atomic E-state index is -5.96. The van der Waals surface area contributed by atoms with E-state index in [9.17, 15) is 116 Å². The fourth-order valence-electron chi connectivity index (χ4n) is 8.68. The molecule has 6 aliphatic heterocycles. The minimum absolute atomic E-state index is 0.797. The number of aliphatic carboxylic acids is 2. The van der Waals surface area contributed by atoms with E-state index in [1.807, 2.05) is 0 Å². The van der Waals surface area contributed by atoms with Gasteiger partial charge in [-0.05, 0) is 13.8 Å². The Balaban J connectivity index is 1.14. The second-order valence-corrected chi connectivity index (χ2v) is 19.7. The van der Waals surface area contributed by atoms with E-state index < -0.39 is 230 Å². The molecular formula is C38H63O35P. The topological polar surface area (TPSA) is 567 Å². The van der Waals surface area contributed by atoms with Crippen LogP contribution in [0.1, 0.15) is 20.3 Å². The van der Waals surface area contributed by atoms with Gasteiger partial charge >= 0.3 is 19.8 Å². The van der Waals surface area contributed by atoms with Gasteiger partial charge in [-0.1, -0.05) is 0 Å². The number of aliphatic hydroxyl groups excluding tert-OH is 16. The third-order valence-corrected chi connectivity index (χ3v) is 14.1. The molecular weight excluding hydrogens is 1050 g/mol. The van der Waals surface area contributed by atoms with E-state index in [0.717, 1.165) is 0 Å². The molecule has 0 spiro atoms. The predicted octanol–water partition coefficient (Wildman–Crippen LogP) is -12.0. The van der Waals surface area contributed by atoms with Gasteiger partial charge in [0, 0.05) is 6.42 Å². The van der Waals surface area contributed by atoms with Crippen molar-refractivity contribution < 1.29 is 172 Å². The summed E-state index contributed by atoms with van der Waals surface area (Å²) in [5, 5.41) is 199. The van der Waals surface area contributed by atoms with E-state index in [-0.39, 0.29) is 0 Å². The molecule has 6 aliphatic rings. The van der Waals surface area contributed by atoms with Crippen molar-refractivity contribution in [3.63, 3.8) is 0 Å². The third-order valence-electron chi connectivity index (χ3n) is 13.1. The van der Waals surface area contributed by atoms with Crippen LogP contribution < -0.4 is 0 Å². The van der Waals surface area contributed by atoms with E-state index in [0.29, 0.717) is 0 Å². The van der Waals surface area contributed by atoms with Crippen molar-refractivity contribution in [3.8, 4) is 0 Å². The number of phosphoric ester groups is 1. The molecule has 430 valence electrons. The summed E-state index contributed by atoms with van der Waals surface area (Å²) in [6.07, 6.45) is -59.9. The molecule has 0 aromatic heterocycles. The smallest absolute Gasteiger partial charge is 0.474 e. The molecule has 35 nitrogen and oxygen atoms in total. The number of ether oxygens (including phenoxy) is 10. The quantitative estimate of drug-likeness (QED) is 0.0567. The first-order valence-electron chi connectivity index (χ1n) is 22.6. The molecule has 6 heterocycles. The highest BCUT2D eigenvalue weighted by molar-refractivity contribution is 7.47. The van der Waals surface area contributed by atoms with Gasteiger partial charge < -0.3 is 149 Å². The van der Waals surface area contributed by atoms with Crippen LogP contribution in [0.15, 0.2) is 0 Å². The molecule has 74 heavy (non-hydrogen) atoms. The Morgan fingerprint density at radius 1 is 0.568 bits per heavy atom. The Morgan fingerprint density at radius 3 is 1.55 bits per heavy atom. The zero-order valence-corrected chi connectivity index (χ0v) is 39.5. The number of rotatable bonds is 18. The SMILES string of the molecule is C[C@H]1O[C@H](O[C@@H]2[C@H](O)[C@@H](OC[C@H]3O[C@H](OC[C@H]4O[C@H](O[C@H]5[C@@H]([C@H](O)CO)O[C@@](O)(C(=O)O)C[C@H]5OP(=O)(O)O[C@H]5O[C@H](C(=O)O)[C@H](O)[C@H](O)[C@H]5O)[C@@H](O)[C@@H](O)[C@@H]4O)[C@@H](O)[C@@H](O)[C@@H]3O)O[C@H](C)[C@H]2O)[C@@H](O)[C@@H](O)[C@@H]1O. The molecule has 0 bridgehead atoms. The standard InChI is InChI=1S/C38H63O35P/c1-7-13(41)17(45)23(51)34(65-7)69-29-14(42)8(2)64-33(26(29)54)63-5-11-15(43)18(46)22(50)32(66-11)62-6-12-16(44)19(47)24(52)35(67-12)68-28-10(3-38(59,37(57)58)71-27(28)9(40)4-39)72-74(60,61)73-36-25(53)20(48)21(49)30(70-36)31(55)56/h7-30,32-36,39-54,59H,3-6H2,1-2H3,(H,55,56)(H,57,58)(H,60,61)/t7-,8-,9-,10-,11-,12-,13-,14-,15-,16-,17+,18+,19+,20+,21-,22+,23+,24+,25-,26+,27-,28-,29+,30+,32+,33+,34-,35-,36-,38-/m1/s1. The van der Waals surface area contributed by atoms with Crippen LogP contribution >= 0.6 is 7.82 Å². The summed E-state index contributed by atoms with van der Waals surface area (Å²) in [5.41, 5.74) is 0. The summed E-state index contributed by atoms with van der Waals surface area (Å²) in [5.74, 6) is -7.66. The molecule has 31 atom stereocenters. The summed E-state index contributed by atoms with van der Waals surface area (Å²) in [6.45, 7) is -0.460. The van der Waals surface area contributed by atoms with Crippen molar-refractivity contribution >= 4 is 19.8 Å². The monoisotopic (exact) mass is 1110 g/mol. The van der Waals surface area contributed by atoms with Crippen molar-refractivity contribution in [2.45, 2.75) is 204 Å². The molecule has 6 fully saturated rings. The second-order valence-electron chi connectivity index (χ2n) is 18.3. The fraction of sp³-hybridized carbons (Fsp3) is 0.947. The van der Waals surface area contributed by atoms with Crippen LogP contribution in [-0.2, 0) is 70.6 Å². The minimum Gasteiger partial charge on any atom is -0.479 e. The Morgan fingerprint density at radius 2 is 1.01 bits per heavy atom. The number of hydrogen-bond acceptors (Lipinski definition) is 32. The van der Waals surface area contributed by atoms with E-state index in [1.165, 1.54) is 13.8 Å². The van der Waals surface area contributed by atoms with E-state index in [4.69, 9.17) is 56.4 Å². The first-order chi connectivity index (χ1) is 34.4. The third kappa shape index (κ3) is 13.0. The van der Waals surface area contributed by atoms with Crippen LogP contribution in [0.5, 0.6) is 0 Å². The lowest BCUT2D eigenvalue weighted by atomic mass is 9.92. The molecule has 0 aromatic carbocycles. The number of carbonyl (C=O) groups is 2. The summed E-state index contributed by atoms with van der Waals surface area (Å²) in [4.78, 5) is 34.5. The molecule has 0 radical (unpaired) electrons. The molecule has 1 unspecified atom stereocenters. The first kappa shape index (κ1) is 61.2. The first-order valence-corrected chi connectivity index (χ1v) is 24.1. The Hall–Kier alpha value is -2.03. The van der Waals surface area contributed by atoms with Crippen LogP contribution in [0, 0.1) is 0 Å². The zero-order chi connectivity index (χ0) is 55.2. The molecule has 0 aromatic rings. The van der Waals surface area contributed by atoms with Crippen molar-refractivity contribution in [2.24, 2.45) is 0 Å². The highest BCUT2D eigenvalue weighted by Crippen LogP contribution is 2.51. The lowest BCUT2D eigenvalue weighted by Crippen LogP contribution is -2.66. The van der Waals surface area contributed by atoms with Crippen molar-refractivity contribution in [1.29, 1.82) is 0 Å². The van der Waals surface area contributed by atoms with Crippen LogP contribution in [0.25, 0.3) is 0 Å². The van der Waals surface area contributed by atoms with Crippen LogP contribution in [-0.4, -0.2) is 317 Å². The number of phosphoric acid groups is 1. The van der Waals surface area contributed by atoms with E-state index >= 15 is 0 Å². The molecule has 6 saturated heterocycles. The van der Waals surface area contributed by atoms with Crippen LogP contribution in [0.3, 0.4) is 0 Å². The molecule has 6 rings (SSSR count). The van der Waals surface area contributed by atoms with Gasteiger partial charge in [0.1, 0.15) is 128 Å². The second kappa shape index (κ2) is 24.5. The van der Waals surface area contributed by atoms with Crippen LogP contribution in [0.2, 0.25) is 0 Å². The molecule has 36 heteroatoms. The van der Waals surface area contributed by atoms with Crippen molar-refractivity contribution in [1.82, 2.24) is 0 Å². The number of carboxylic acid groups (broad SMARTS) is 2. The Kier molecular flexibility index (Phi) is 20.3. The fourth-order valence-corrected chi connectivity index (χ4v) is 9.70. The summed E-state index contributed by atoms with van der Waals surface area (Å²) >= 11 is 0. The van der Waals surface area contributed by atoms with Gasteiger partial charge in [-0.3, -0.25) is 9.05 Å². The molecule has 0 amide bonds. The lowest BCUT2D eigenvalue weighted by Gasteiger charge is -2.48. The highest BCUT2D eigenvalue weighted by Gasteiger charge is 2.59. The van der Waals surface area contributed by atoms with E-state index in [1.54, 1.807) is 0 Å². The van der Waals surface area contributed by atoms with Gasteiger partial charge in [0.15, 0.2) is 37.6 Å². The molecule has 20 N–H and O–H groups in total. The predicted molar refractivity (Wildman–Crippen MR) is 219 cm³/mol. The molecule has 0 saturated carbocycles. The largest absolute Gasteiger partial charge is 0.479 e. The van der Waals surface area contributed by atoms with Crippen molar-refractivity contribution in [3.05, 3.63) is 0 Å². The van der Waals surface area contributed by atoms with Crippen LogP contribution in [0.4, 0.5) is 0 Å². The molecule has 0 aliphatic carbocycles. The zero-order valence-electron chi connectivity index (χ0n) is 38.6. The number of carboxylic acids is 2. The van der Waals surface area contributed by atoms with Gasteiger partial charge in [-0.25, -0.2) is 14.2 Å². The summed E-state index contributed by atoms with van der Waals surface area (Å²) in [6, 6.07) is 0. The van der Waals surface area contributed by atoms with Crippen molar-refractivity contribution in [2.75, 3.05) is 19.8 Å². The average Bonchev–Trinajstić information content (AvgIpc) is 3.34. The summed E-state index contributed by atoms with van der Waals surface area (Å²) < 4.78 is 77.7. The maximum Gasteiger partial charge on any atom is 0.474 e. The lowest BCUT2D eigenvalue weighted by molar-refractivity contribution is -0.368. The maximum absolute atomic E-state index is 13.4. The normalized spacial score (nSPS) is 50.6. The number of aliphatic hydroxyl groups is 17. The highest BCUT2D eigenvalue weighted by atomic mass is 31.2. The van der Waals surface area contributed by atoms with Gasteiger partial charge in [-0.2, -0.15) is 0 Å². The summed E-state index contributed by atoms with van der Waals surface area (Å²) in [7, 11) is -5.96. The average molecular weight is 1110 g/mol. The Labute approximate surface area is 415 Å². The van der Waals surface area contributed by atoms with E-state index in [2.05, 4.69) is 0 Å². The van der Waals surface area contributed by atoms with Gasteiger partial charge in [0.25, 0.3) is 5.79 Å². The van der Waals surface area contributed by atoms with Gasteiger partial charge in [-0.15, -0.1) is 0 Å². The maximum atomic E-state index is 13.4. The Bertz CT molecular complexity index is 1910. The van der Waals surface area contributed by atoms with Gasteiger partial charge in [0.05, 0.1) is 32.0 Å².